The fourth-order valence-electron chi connectivity index (χ4n) is 4.63. The maximum absolute atomic E-state index is 9.53. The monoisotopic (exact) mass is 382 g/mol. The second kappa shape index (κ2) is 7.94. The third kappa shape index (κ3) is 4.39. The summed E-state index contributed by atoms with van der Waals surface area (Å²) in [6, 6.07) is 13.4. The Kier molecular flexibility index (Phi) is 5.58. The second-order valence-electron chi connectivity index (χ2n) is 8.53. The Balaban J connectivity index is 1.38. The van der Waals surface area contributed by atoms with E-state index in [-0.39, 0.29) is 12.1 Å². The molecule has 0 amide bonds. The van der Waals surface area contributed by atoms with Crippen LogP contribution in [0.2, 0.25) is 0 Å². The van der Waals surface area contributed by atoms with Gasteiger partial charge in [0.15, 0.2) is 0 Å². The lowest BCUT2D eigenvalue weighted by Crippen LogP contribution is -2.40. The van der Waals surface area contributed by atoms with Crippen LogP contribution in [0.1, 0.15) is 54.0 Å². The van der Waals surface area contributed by atoms with Gasteiger partial charge in [-0.05, 0) is 86.1 Å². The molecule has 2 aliphatic carbocycles. The number of fused-ring (bicyclic) bond motifs is 1. The van der Waals surface area contributed by atoms with Crippen molar-refractivity contribution in [3.8, 4) is 0 Å². The van der Waals surface area contributed by atoms with Gasteiger partial charge in [0.25, 0.3) is 0 Å². The van der Waals surface area contributed by atoms with Crippen LogP contribution in [0.3, 0.4) is 0 Å². The summed E-state index contributed by atoms with van der Waals surface area (Å²) < 4.78 is 0. The third-order valence-electron chi connectivity index (χ3n) is 6.32. The molecule has 0 radical (unpaired) electrons. The van der Waals surface area contributed by atoms with E-state index in [4.69, 9.17) is 5.73 Å². The van der Waals surface area contributed by atoms with E-state index < -0.39 is 0 Å². The van der Waals surface area contributed by atoms with Crippen LogP contribution in [0.15, 0.2) is 41.4 Å². The zero-order valence-electron chi connectivity index (χ0n) is 16.2. The Bertz CT molecular complexity index is 809. The number of nitrogens with zero attached hydrogens (tertiary/aromatic N) is 1. The number of aryl methyl sites for hydroxylation is 2. The molecule has 1 fully saturated rings. The number of thioether (sulfide) groups is 1. The largest absolute Gasteiger partial charge is 0.394 e. The van der Waals surface area contributed by atoms with Gasteiger partial charge in [0.2, 0.25) is 0 Å². The van der Waals surface area contributed by atoms with Crippen LogP contribution < -0.4 is 5.73 Å². The molecule has 27 heavy (non-hydrogen) atoms. The highest BCUT2D eigenvalue weighted by Gasteiger charge is 2.36. The van der Waals surface area contributed by atoms with Crippen molar-refractivity contribution < 1.29 is 5.11 Å². The summed E-state index contributed by atoms with van der Waals surface area (Å²) in [5, 5.41) is 10.7. The first kappa shape index (κ1) is 19.0. The van der Waals surface area contributed by atoms with Crippen molar-refractivity contribution in [1.82, 2.24) is 4.98 Å². The third-order valence-corrected chi connectivity index (χ3v) is 7.48. The summed E-state index contributed by atoms with van der Waals surface area (Å²) >= 11 is 1.89. The highest BCUT2D eigenvalue weighted by atomic mass is 32.2. The first-order valence-electron chi connectivity index (χ1n) is 10.1. The lowest BCUT2D eigenvalue weighted by Gasteiger charge is -2.26. The average molecular weight is 383 g/mol. The average Bonchev–Trinajstić information content (AvgIpc) is 3.09. The fourth-order valence-corrected chi connectivity index (χ4v) is 5.71. The van der Waals surface area contributed by atoms with Crippen LogP contribution >= 0.6 is 11.8 Å². The predicted octanol–water partition coefficient (Wildman–Crippen LogP) is 4.24. The molecule has 0 bridgehead atoms. The fraction of sp³-hybridized carbons (Fsp3) is 0.522. The summed E-state index contributed by atoms with van der Waals surface area (Å²) in [7, 11) is 0. The number of aliphatic hydroxyl groups is 1. The van der Waals surface area contributed by atoms with Crippen molar-refractivity contribution in [3.63, 3.8) is 0 Å². The quantitative estimate of drug-likeness (QED) is 0.759. The number of rotatable bonds is 5. The van der Waals surface area contributed by atoms with E-state index in [1.807, 2.05) is 11.8 Å². The molecule has 1 aromatic heterocycles. The first-order valence-corrected chi connectivity index (χ1v) is 11.1. The molecule has 1 saturated carbocycles. The van der Waals surface area contributed by atoms with Gasteiger partial charge in [0.05, 0.1) is 11.6 Å². The van der Waals surface area contributed by atoms with Crippen LogP contribution in [-0.4, -0.2) is 28.0 Å². The van der Waals surface area contributed by atoms with Gasteiger partial charge in [0, 0.05) is 17.0 Å². The molecule has 0 saturated heterocycles. The Hall–Kier alpha value is -1.36. The van der Waals surface area contributed by atoms with Gasteiger partial charge in [-0.3, -0.25) is 0 Å². The number of aliphatic hydroxyl groups excluding tert-OH is 1. The van der Waals surface area contributed by atoms with Gasteiger partial charge in [-0.1, -0.05) is 24.3 Å². The Morgan fingerprint density at radius 1 is 1.22 bits per heavy atom. The summed E-state index contributed by atoms with van der Waals surface area (Å²) in [6.07, 6.45) is 6.55. The molecule has 144 valence electrons. The van der Waals surface area contributed by atoms with Crippen LogP contribution in [0.5, 0.6) is 0 Å². The topological polar surface area (TPSA) is 59.1 Å². The SMILES string of the molecule is Cc1cccc(SC[C@@H]2CCc3cc([C@H]4CC[C@](N)(CO)C4)ccc3C2)n1. The minimum atomic E-state index is -0.368. The number of pyridine rings is 1. The summed E-state index contributed by atoms with van der Waals surface area (Å²) in [5.74, 6) is 2.38. The molecular formula is C23H30N2OS. The van der Waals surface area contributed by atoms with Crippen molar-refractivity contribution in [3.05, 3.63) is 58.8 Å². The Labute approximate surface area is 166 Å². The predicted molar refractivity (Wildman–Crippen MR) is 112 cm³/mol. The molecule has 0 spiro atoms. The number of benzene rings is 1. The Morgan fingerprint density at radius 3 is 2.89 bits per heavy atom. The van der Waals surface area contributed by atoms with Crippen LogP contribution in [0.4, 0.5) is 0 Å². The van der Waals surface area contributed by atoms with E-state index in [1.165, 1.54) is 36.0 Å². The number of hydrogen-bond donors (Lipinski definition) is 2. The summed E-state index contributed by atoms with van der Waals surface area (Å²) in [5.41, 5.74) is 11.5. The molecule has 2 aliphatic rings. The van der Waals surface area contributed by atoms with Crippen molar-refractivity contribution in [1.29, 1.82) is 0 Å². The molecule has 2 aromatic rings. The van der Waals surface area contributed by atoms with E-state index in [0.717, 1.165) is 41.7 Å². The maximum Gasteiger partial charge on any atom is 0.0963 e. The van der Waals surface area contributed by atoms with Gasteiger partial charge in [-0.15, -0.1) is 11.8 Å². The van der Waals surface area contributed by atoms with E-state index in [9.17, 15) is 5.11 Å². The lowest BCUT2D eigenvalue weighted by atomic mass is 9.82. The van der Waals surface area contributed by atoms with Crippen LogP contribution in [-0.2, 0) is 12.8 Å². The van der Waals surface area contributed by atoms with E-state index >= 15 is 0 Å². The van der Waals surface area contributed by atoms with E-state index in [0.29, 0.717) is 5.92 Å². The molecule has 0 unspecified atom stereocenters. The van der Waals surface area contributed by atoms with Gasteiger partial charge in [-0.2, -0.15) is 0 Å². The van der Waals surface area contributed by atoms with Crippen LogP contribution in [0, 0.1) is 12.8 Å². The molecule has 4 heteroatoms. The van der Waals surface area contributed by atoms with E-state index in [2.05, 4.69) is 48.3 Å². The van der Waals surface area contributed by atoms with Crippen molar-refractivity contribution in [2.45, 2.75) is 61.9 Å². The molecule has 3 nitrogen and oxygen atoms in total. The molecule has 1 heterocycles. The first-order chi connectivity index (χ1) is 13.0. The molecule has 3 atom stereocenters. The van der Waals surface area contributed by atoms with Gasteiger partial charge in [0.1, 0.15) is 0 Å². The Morgan fingerprint density at radius 2 is 2.11 bits per heavy atom. The molecule has 4 rings (SSSR count). The normalized spacial score (nSPS) is 27.5. The highest BCUT2D eigenvalue weighted by molar-refractivity contribution is 7.99. The van der Waals surface area contributed by atoms with Crippen molar-refractivity contribution in [2.75, 3.05) is 12.4 Å². The molecule has 1 aromatic carbocycles. The van der Waals surface area contributed by atoms with Crippen LogP contribution in [0.25, 0.3) is 0 Å². The number of hydrogen-bond acceptors (Lipinski definition) is 4. The molecule has 0 aliphatic heterocycles. The van der Waals surface area contributed by atoms with Crippen molar-refractivity contribution >= 4 is 11.8 Å². The minimum absolute atomic E-state index is 0.101. The number of aromatic nitrogens is 1. The van der Waals surface area contributed by atoms with E-state index in [1.54, 1.807) is 0 Å². The van der Waals surface area contributed by atoms with Gasteiger partial charge in [-0.25, -0.2) is 4.98 Å². The van der Waals surface area contributed by atoms with Gasteiger partial charge >= 0.3 is 0 Å². The zero-order valence-corrected chi connectivity index (χ0v) is 17.0. The molecular weight excluding hydrogens is 352 g/mol. The smallest absolute Gasteiger partial charge is 0.0963 e. The summed E-state index contributed by atoms with van der Waals surface area (Å²) in [4.78, 5) is 4.61. The summed E-state index contributed by atoms with van der Waals surface area (Å²) in [6.45, 7) is 2.15. The maximum atomic E-state index is 9.53. The standard InChI is InChI=1S/C23H30N2OS/c1-16-3-2-4-22(25-16)27-14-17-5-6-19-12-20(8-7-18(19)11-17)21-9-10-23(24,13-21)15-26/h2-4,7-8,12,17,21,26H,5-6,9-11,13-15,24H2,1H3/t17-,21+,23-/m1/s1. The minimum Gasteiger partial charge on any atom is -0.394 e. The highest BCUT2D eigenvalue weighted by Crippen LogP contribution is 2.41. The van der Waals surface area contributed by atoms with Gasteiger partial charge < -0.3 is 10.8 Å². The molecule has 3 N–H and O–H groups in total. The van der Waals surface area contributed by atoms with Crippen molar-refractivity contribution in [2.24, 2.45) is 11.7 Å². The lowest BCUT2D eigenvalue weighted by molar-refractivity contribution is 0.198. The zero-order chi connectivity index (χ0) is 18.9. The number of nitrogens with two attached hydrogens (primary N) is 1. The second-order valence-corrected chi connectivity index (χ2v) is 9.57.